The van der Waals surface area contributed by atoms with Crippen LogP contribution in [-0.2, 0) is 9.59 Å². The van der Waals surface area contributed by atoms with Crippen molar-refractivity contribution in [3.63, 3.8) is 0 Å². The molecule has 0 aliphatic carbocycles. The summed E-state index contributed by atoms with van der Waals surface area (Å²) in [5, 5.41) is 14.4. The molecule has 5 nitrogen and oxygen atoms in total. The van der Waals surface area contributed by atoms with Gasteiger partial charge in [-0.15, -0.1) is 0 Å². The smallest absolute Gasteiger partial charge is 0.245 e. The molecule has 0 rings (SSSR count). The van der Waals surface area contributed by atoms with E-state index in [9.17, 15) is 14.7 Å². The fourth-order valence-electron chi connectivity index (χ4n) is 1.52. The molecule has 0 aliphatic rings. The van der Waals surface area contributed by atoms with Gasteiger partial charge in [0.15, 0.2) is 0 Å². The van der Waals surface area contributed by atoms with Gasteiger partial charge in [-0.05, 0) is 13.3 Å². The summed E-state index contributed by atoms with van der Waals surface area (Å²) < 4.78 is 0. The predicted molar refractivity (Wildman–Crippen MR) is 66.4 cm³/mol. The fourth-order valence-corrected chi connectivity index (χ4v) is 1.52. The second-order valence-corrected chi connectivity index (χ2v) is 4.21. The lowest BCUT2D eigenvalue weighted by Gasteiger charge is -2.19. The third kappa shape index (κ3) is 6.94. The van der Waals surface area contributed by atoms with Crippen molar-refractivity contribution < 1.29 is 14.7 Å². The van der Waals surface area contributed by atoms with Crippen LogP contribution in [0.5, 0.6) is 0 Å². The molecule has 0 spiro atoms. The first-order chi connectivity index (χ1) is 8.02. The van der Waals surface area contributed by atoms with Crippen molar-refractivity contribution in [1.82, 2.24) is 10.6 Å². The zero-order valence-corrected chi connectivity index (χ0v) is 11.0. The van der Waals surface area contributed by atoms with Gasteiger partial charge in [0.1, 0.15) is 6.04 Å². The highest BCUT2D eigenvalue weighted by Crippen LogP contribution is 2.03. The number of carbonyl (C=O) groups is 2. The van der Waals surface area contributed by atoms with Crippen LogP contribution in [0, 0.1) is 0 Å². The summed E-state index contributed by atoms with van der Waals surface area (Å²) in [7, 11) is 1.48. The van der Waals surface area contributed by atoms with Gasteiger partial charge in [0.2, 0.25) is 11.8 Å². The standard InChI is InChI=1S/C12H24N2O3/c1-4-5-6-7-8-10(16)14-11(9(2)15)12(17)13-3/h9,11,15H,4-8H2,1-3H3,(H,13,17)(H,14,16)/t9-,11?/m1/s1. The van der Waals surface area contributed by atoms with E-state index in [-0.39, 0.29) is 11.8 Å². The number of nitrogens with one attached hydrogen (secondary N) is 2. The third-order valence-corrected chi connectivity index (χ3v) is 2.59. The van der Waals surface area contributed by atoms with Crippen LogP contribution in [0.25, 0.3) is 0 Å². The maximum atomic E-state index is 11.5. The molecule has 0 aliphatic heterocycles. The summed E-state index contributed by atoms with van der Waals surface area (Å²) >= 11 is 0. The van der Waals surface area contributed by atoms with Gasteiger partial charge in [-0.2, -0.15) is 0 Å². The van der Waals surface area contributed by atoms with Crippen LogP contribution in [0.15, 0.2) is 0 Å². The minimum Gasteiger partial charge on any atom is -0.391 e. The summed E-state index contributed by atoms with van der Waals surface area (Å²) in [4.78, 5) is 22.9. The number of aliphatic hydroxyl groups excluding tert-OH is 1. The Balaban J connectivity index is 4.00. The quantitative estimate of drug-likeness (QED) is 0.546. The number of amides is 2. The van der Waals surface area contributed by atoms with Crippen LogP contribution >= 0.6 is 0 Å². The Hall–Kier alpha value is -1.10. The van der Waals surface area contributed by atoms with E-state index in [2.05, 4.69) is 17.6 Å². The Morgan fingerprint density at radius 1 is 1.24 bits per heavy atom. The van der Waals surface area contributed by atoms with Crippen LogP contribution < -0.4 is 10.6 Å². The molecule has 5 heteroatoms. The molecule has 17 heavy (non-hydrogen) atoms. The van der Waals surface area contributed by atoms with Gasteiger partial charge in [-0.3, -0.25) is 9.59 Å². The number of hydrogen-bond donors (Lipinski definition) is 3. The second-order valence-electron chi connectivity index (χ2n) is 4.21. The van der Waals surface area contributed by atoms with Gasteiger partial charge < -0.3 is 15.7 Å². The van der Waals surface area contributed by atoms with Crippen LogP contribution in [-0.4, -0.2) is 36.1 Å². The van der Waals surface area contributed by atoms with E-state index in [0.29, 0.717) is 6.42 Å². The molecule has 1 unspecified atom stereocenters. The average molecular weight is 244 g/mol. The Morgan fingerprint density at radius 2 is 1.88 bits per heavy atom. The van der Waals surface area contributed by atoms with Crippen LogP contribution in [0.4, 0.5) is 0 Å². The normalized spacial score (nSPS) is 13.9. The van der Waals surface area contributed by atoms with Gasteiger partial charge >= 0.3 is 0 Å². The number of likely N-dealkylation sites (N-methyl/N-ethyl adjacent to an activating group) is 1. The van der Waals surface area contributed by atoms with Gasteiger partial charge in [0, 0.05) is 13.5 Å². The van der Waals surface area contributed by atoms with Crippen molar-refractivity contribution in [3.05, 3.63) is 0 Å². The van der Waals surface area contributed by atoms with E-state index in [1.54, 1.807) is 0 Å². The molecule has 100 valence electrons. The van der Waals surface area contributed by atoms with E-state index in [1.165, 1.54) is 14.0 Å². The second kappa shape index (κ2) is 8.98. The lowest BCUT2D eigenvalue weighted by Crippen LogP contribution is -2.51. The number of aliphatic hydroxyl groups is 1. The summed E-state index contributed by atoms with van der Waals surface area (Å²) in [5.41, 5.74) is 0. The van der Waals surface area contributed by atoms with Crippen molar-refractivity contribution in [3.8, 4) is 0 Å². The molecule has 0 aromatic heterocycles. The van der Waals surface area contributed by atoms with Gasteiger partial charge in [0.25, 0.3) is 0 Å². The third-order valence-electron chi connectivity index (χ3n) is 2.59. The van der Waals surface area contributed by atoms with Crippen molar-refractivity contribution in [2.45, 2.75) is 58.1 Å². The molecule has 0 aromatic rings. The van der Waals surface area contributed by atoms with Crippen LogP contribution in [0.2, 0.25) is 0 Å². The molecule has 0 aromatic carbocycles. The topological polar surface area (TPSA) is 78.4 Å². The molecule has 2 amide bonds. The van der Waals surface area contributed by atoms with Crippen LogP contribution in [0.3, 0.4) is 0 Å². The summed E-state index contributed by atoms with van der Waals surface area (Å²) in [6.07, 6.45) is 3.58. The largest absolute Gasteiger partial charge is 0.391 e. The van der Waals surface area contributed by atoms with Gasteiger partial charge in [-0.1, -0.05) is 26.2 Å². The summed E-state index contributed by atoms with van der Waals surface area (Å²) in [5.74, 6) is -0.558. The molecule has 0 heterocycles. The maximum absolute atomic E-state index is 11.5. The first kappa shape index (κ1) is 15.9. The monoisotopic (exact) mass is 244 g/mol. The fraction of sp³-hybridized carbons (Fsp3) is 0.833. The Morgan fingerprint density at radius 3 is 2.35 bits per heavy atom. The molecule has 2 atom stereocenters. The Bertz CT molecular complexity index is 242. The minimum absolute atomic E-state index is 0.185. The maximum Gasteiger partial charge on any atom is 0.245 e. The van der Waals surface area contributed by atoms with E-state index in [0.717, 1.165) is 25.7 Å². The minimum atomic E-state index is -0.894. The number of unbranched alkanes of at least 4 members (excludes halogenated alkanes) is 3. The number of rotatable bonds is 8. The van der Waals surface area contributed by atoms with Gasteiger partial charge in [-0.25, -0.2) is 0 Å². The number of hydrogen-bond acceptors (Lipinski definition) is 3. The highest BCUT2D eigenvalue weighted by molar-refractivity contribution is 5.87. The zero-order chi connectivity index (χ0) is 13.3. The lowest BCUT2D eigenvalue weighted by atomic mass is 10.1. The van der Waals surface area contributed by atoms with E-state index in [1.807, 2.05) is 0 Å². The molecule has 0 bridgehead atoms. The highest BCUT2D eigenvalue weighted by Gasteiger charge is 2.24. The highest BCUT2D eigenvalue weighted by atomic mass is 16.3. The Labute approximate surface area is 103 Å². The first-order valence-corrected chi connectivity index (χ1v) is 6.22. The molecular weight excluding hydrogens is 220 g/mol. The van der Waals surface area contributed by atoms with Crippen molar-refractivity contribution in [1.29, 1.82) is 0 Å². The molecule has 0 fully saturated rings. The molecular formula is C12H24N2O3. The van der Waals surface area contributed by atoms with Crippen molar-refractivity contribution >= 4 is 11.8 Å². The summed E-state index contributed by atoms with van der Waals surface area (Å²) in [6.45, 7) is 3.59. The molecule has 0 radical (unpaired) electrons. The van der Waals surface area contributed by atoms with Crippen molar-refractivity contribution in [2.24, 2.45) is 0 Å². The van der Waals surface area contributed by atoms with Crippen molar-refractivity contribution in [2.75, 3.05) is 7.05 Å². The molecule has 3 N–H and O–H groups in total. The Kier molecular flexibility index (Phi) is 8.40. The molecule has 0 saturated heterocycles. The first-order valence-electron chi connectivity index (χ1n) is 6.22. The summed E-state index contributed by atoms with van der Waals surface area (Å²) in [6, 6.07) is -0.862. The molecule has 0 saturated carbocycles. The van der Waals surface area contributed by atoms with E-state index < -0.39 is 12.1 Å². The zero-order valence-electron chi connectivity index (χ0n) is 11.0. The lowest BCUT2D eigenvalue weighted by molar-refractivity contribution is -0.131. The van der Waals surface area contributed by atoms with Gasteiger partial charge in [0.05, 0.1) is 6.10 Å². The SMILES string of the molecule is CCCCCCC(=O)NC(C(=O)NC)[C@@H](C)O. The number of carbonyl (C=O) groups excluding carboxylic acids is 2. The van der Waals surface area contributed by atoms with Crippen LogP contribution in [0.1, 0.15) is 46.0 Å². The van der Waals surface area contributed by atoms with E-state index in [4.69, 9.17) is 0 Å². The average Bonchev–Trinajstić information content (AvgIpc) is 2.30. The predicted octanol–water partition coefficient (Wildman–Crippen LogP) is 0.568. The van der Waals surface area contributed by atoms with E-state index >= 15 is 0 Å².